The number of aromatic nitrogens is 2. The van der Waals surface area contributed by atoms with E-state index < -0.39 is 0 Å². The van der Waals surface area contributed by atoms with Crippen molar-refractivity contribution in [2.75, 3.05) is 7.05 Å². The van der Waals surface area contributed by atoms with E-state index in [-0.39, 0.29) is 12.1 Å². The molecule has 20 heavy (non-hydrogen) atoms. The molecule has 0 fully saturated rings. The Morgan fingerprint density at radius 1 is 1.60 bits per heavy atom. The molecule has 0 saturated carbocycles. The summed E-state index contributed by atoms with van der Waals surface area (Å²) in [6.45, 7) is 4.52. The second kappa shape index (κ2) is 6.09. The van der Waals surface area contributed by atoms with Crippen molar-refractivity contribution in [1.29, 1.82) is 0 Å². The van der Waals surface area contributed by atoms with E-state index in [0.717, 1.165) is 11.3 Å². The van der Waals surface area contributed by atoms with E-state index in [4.69, 9.17) is 0 Å². The van der Waals surface area contributed by atoms with Gasteiger partial charge in [0, 0.05) is 36.8 Å². The second-order valence-corrected chi connectivity index (χ2v) is 5.82. The van der Waals surface area contributed by atoms with Gasteiger partial charge < -0.3 is 10.2 Å². The minimum absolute atomic E-state index is 0.0741. The third-order valence-corrected chi connectivity index (χ3v) is 4.67. The smallest absolute Gasteiger partial charge is 0.317 e. The molecule has 2 aromatic heterocycles. The third kappa shape index (κ3) is 3.01. The van der Waals surface area contributed by atoms with Gasteiger partial charge in [-0.3, -0.25) is 4.68 Å². The summed E-state index contributed by atoms with van der Waals surface area (Å²) in [5.41, 5.74) is 2.11. The molecule has 1 atom stereocenters. The Bertz CT molecular complexity index is 576. The fraction of sp³-hybridized carbons (Fsp3) is 0.429. The molecule has 0 aliphatic heterocycles. The van der Waals surface area contributed by atoms with E-state index in [9.17, 15) is 4.79 Å². The SMILES string of the molecule is Cc1c(CNC(=O)N(C)C(C)c2cccs2)cnn1C. The average molecular weight is 292 g/mol. The van der Waals surface area contributed by atoms with Gasteiger partial charge in [-0.1, -0.05) is 6.07 Å². The molecule has 1 unspecified atom stereocenters. The lowest BCUT2D eigenvalue weighted by molar-refractivity contribution is 0.194. The molecule has 0 spiro atoms. The quantitative estimate of drug-likeness (QED) is 0.942. The lowest BCUT2D eigenvalue weighted by atomic mass is 10.2. The van der Waals surface area contributed by atoms with Crippen molar-refractivity contribution in [2.24, 2.45) is 7.05 Å². The first-order valence-corrected chi connectivity index (χ1v) is 7.40. The van der Waals surface area contributed by atoms with Crippen LogP contribution in [0, 0.1) is 6.92 Å². The highest BCUT2D eigenvalue weighted by Crippen LogP contribution is 2.23. The molecule has 6 heteroatoms. The van der Waals surface area contributed by atoms with Gasteiger partial charge in [-0.2, -0.15) is 5.10 Å². The van der Waals surface area contributed by atoms with E-state index >= 15 is 0 Å². The molecule has 0 aliphatic carbocycles. The molecule has 0 radical (unpaired) electrons. The van der Waals surface area contributed by atoms with E-state index in [1.807, 2.05) is 45.5 Å². The number of nitrogens with zero attached hydrogens (tertiary/aromatic N) is 3. The van der Waals surface area contributed by atoms with E-state index in [0.29, 0.717) is 6.54 Å². The molecule has 2 heterocycles. The van der Waals surface area contributed by atoms with Gasteiger partial charge in [-0.05, 0) is 25.3 Å². The molecule has 2 aromatic rings. The molecule has 0 aliphatic rings. The summed E-state index contributed by atoms with van der Waals surface area (Å²) < 4.78 is 1.81. The van der Waals surface area contributed by atoms with Crippen LogP contribution in [0.15, 0.2) is 23.7 Å². The molecule has 2 rings (SSSR count). The molecular formula is C14H20N4OS. The monoisotopic (exact) mass is 292 g/mol. The summed E-state index contributed by atoms with van der Waals surface area (Å²) in [4.78, 5) is 15.1. The first kappa shape index (κ1) is 14.6. The van der Waals surface area contributed by atoms with Gasteiger partial charge in [0.15, 0.2) is 0 Å². The van der Waals surface area contributed by atoms with Crippen LogP contribution >= 0.6 is 11.3 Å². The second-order valence-electron chi connectivity index (χ2n) is 4.84. The van der Waals surface area contributed by atoms with Gasteiger partial charge in [0.1, 0.15) is 0 Å². The highest BCUT2D eigenvalue weighted by Gasteiger charge is 2.18. The lowest BCUT2D eigenvalue weighted by Gasteiger charge is -2.24. The molecule has 1 N–H and O–H groups in total. The van der Waals surface area contributed by atoms with Crippen molar-refractivity contribution < 1.29 is 4.79 Å². The summed E-state index contributed by atoms with van der Waals surface area (Å²) in [6.07, 6.45) is 1.79. The van der Waals surface area contributed by atoms with Gasteiger partial charge >= 0.3 is 6.03 Å². The average Bonchev–Trinajstić information content (AvgIpc) is 3.07. The van der Waals surface area contributed by atoms with Crippen LogP contribution in [0.1, 0.15) is 29.1 Å². The number of rotatable bonds is 4. The van der Waals surface area contributed by atoms with Crippen LogP contribution in [0.4, 0.5) is 4.79 Å². The predicted octanol–water partition coefficient (Wildman–Crippen LogP) is 2.69. The van der Waals surface area contributed by atoms with Gasteiger partial charge in [-0.25, -0.2) is 4.79 Å². The normalized spacial score (nSPS) is 12.2. The fourth-order valence-electron chi connectivity index (χ4n) is 1.91. The van der Waals surface area contributed by atoms with E-state index in [1.54, 1.807) is 27.1 Å². The van der Waals surface area contributed by atoms with Gasteiger partial charge in [0.25, 0.3) is 0 Å². The van der Waals surface area contributed by atoms with Gasteiger partial charge in [0.05, 0.1) is 12.2 Å². The molecule has 5 nitrogen and oxygen atoms in total. The minimum Gasteiger partial charge on any atom is -0.334 e. The summed E-state index contributed by atoms with van der Waals surface area (Å²) in [6, 6.07) is 4.05. The maximum atomic E-state index is 12.2. The van der Waals surface area contributed by atoms with Crippen LogP contribution < -0.4 is 5.32 Å². The van der Waals surface area contributed by atoms with Crippen LogP contribution in [0.2, 0.25) is 0 Å². The summed E-state index contributed by atoms with van der Waals surface area (Å²) in [7, 11) is 3.71. The number of carbonyl (C=O) groups excluding carboxylic acids is 1. The Labute approximate surface area is 123 Å². The number of thiophene rings is 1. The maximum absolute atomic E-state index is 12.2. The number of hydrogen-bond donors (Lipinski definition) is 1. The van der Waals surface area contributed by atoms with Crippen LogP contribution in [0.3, 0.4) is 0 Å². The number of hydrogen-bond acceptors (Lipinski definition) is 3. The van der Waals surface area contributed by atoms with Crippen molar-refractivity contribution >= 4 is 17.4 Å². The number of urea groups is 1. The maximum Gasteiger partial charge on any atom is 0.317 e. The Morgan fingerprint density at radius 3 is 2.90 bits per heavy atom. The Morgan fingerprint density at radius 2 is 2.35 bits per heavy atom. The number of amides is 2. The standard InChI is InChI=1S/C14H20N4OS/c1-10-12(9-16-18(10)4)8-15-14(19)17(3)11(2)13-6-5-7-20-13/h5-7,9,11H,8H2,1-4H3,(H,15,19). The largest absolute Gasteiger partial charge is 0.334 e. The molecular weight excluding hydrogens is 272 g/mol. The topological polar surface area (TPSA) is 50.2 Å². The van der Waals surface area contributed by atoms with Crippen LogP contribution in [0.5, 0.6) is 0 Å². The first-order valence-electron chi connectivity index (χ1n) is 6.52. The third-order valence-electron chi connectivity index (χ3n) is 3.62. The Hall–Kier alpha value is -1.82. The zero-order valence-electron chi connectivity index (χ0n) is 12.3. The highest BCUT2D eigenvalue weighted by molar-refractivity contribution is 7.10. The fourth-order valence-corrected chi connectivity index (χ4v) is 2.74. The molecule has 108 valence electrons. The molecule has 0 aromatic carbocycles. The van der Waals surface area contributed by atoms with E-state index in [2.05, 4.69) is 10.4 Å². The highest BCUT2D eigenvalue weighted by atomic mass is 32.1. The summed E-state index contributed by atoms with van der Waals surface area (Å²) in [5, 5.41) is 9.13. The Balaban J connectivity index is 1.93. The first-order chi connectivity index (χ1) is 9.50. The van der Waals surface area contributed by atoms with E-state index in [1.165, 1.54) is 4.88 Å². The minimum atomic E-state index is -0.0749. The van der Waals surface area contributed by atoms with Crippen molar-refractivity contribution in [3.63, 3.8) is 0 Å². The van der Waals surface area contributed by atoms with Crippen LogP contribution in [0.25, 0.3) is 0 Å². The predicted molar refractivity (Wildman–Crippen MR) is 80.7 cm³/mol. The zero-order chi connectivity index (χ0) is 14.7. The molecule has 0 saturated heterocycles. The van der Waals surface area contributed by atoms with Crippen molar-refractivity contribution in [1.82, 2.24) is 20.0 Å². The zero-order valence-corrected chi connectivity index (χ0v) is 13.1. The molecule has 0 bridgehead atoms. The number of carbonyl (C=O) groups is 1. The van der Waals surface area contributed by atoms with Crippen LogP contribution in [-0.2, 0) is 13.6 Å². The number of aryl methyl sites for hydroxylation is 1. The lowest BCUT2D eigenvalue weighted by Crippen LogP contribution is -2.38. The summed E-state index contributed by atoms with van der Waals surface area (Å²) >= 11 is 1.66. The van der Waals surface area contributed by atoms with Crippen molar-refractivity contribution in [3.05, 3.63) is 39.8 Å². The summed E-state index contributed by atoms with van der Waals surface area (Å²) in [5.74, 6) is 0. The van der Waals surface area contributed by atoms with Crippen molar-refractivity contribution in [2.45, 2.75) is 26.4 Å². The van der Waals surface area contributed by atoms with Crippen molar-refractivity contribution in [3.8, 4) is 0 Å². The van der Waals surface area contributed by atoms with Gasteiger partial charge in [-0.15, -0.1) is 11.3 Å². The van der Waals surface area contributed by atoms with Crippen LogP contribution in [-0.4, -0.2) is 27.8 Å². The Kier molecular flexibility index (Phi) is 4.44. The van der Waals surface area contributed by atoms with Gasteiger partial charge in [0.2, 0.25) is 0 Å². The molecule has 2 amide bonds. The number of nitrogens with one attached hydrogen (secondary N) is 1.